The molecule has 0 saturated heterocycles. The van der Waals surface area contributed by atoms with E-state index in [1.807, 2.05) is 0 Å². The van der Waals surface area contributed by atoms with Gasteiger partial charge in [-0.05, 0) is 51.2 Å². The van der Waals surface area contributed by atoms with E-state index < -0.39 is 41.1 Å². The van der Waals surface area contributed by atoms with E-state index in [9.17, 15) is 23.1 Å². The minimum Gasteiger partial charge on any atom is -0.444 e. The molecule has 3 atom stereocenters. The van der Waals surface area contributed by atoms with Gasteiger partial charge in [0.2, 0.25) is 0 Å². The van der Waals surface area contributed by atoms with Gasteiger partial charge in [0.1, 0.15) is 11.4 Å². The van der Waals surface area contributed by atoms with Gasteiger partial charge >= 0.3 is 6.09 Å². The molecule has 0 aromatic heterocycles. The topological polar surface area (TPSA) is 58.6 Å². The first kappa shape index (κ1) is 18.6. The Hall–Kier alpha value is -1.76. The Labute approximate surface area is 139 Å². The lowest BCUT2D eigenvalue weighted by Crippen LogP contribution is -2.40. The third-order valence-electron chi connectivity index (χ3n) is 4.06. The van der Waals surface area contributed by atoms with Crippen LogP contribution in [0.5, 0.6) is 0 Å². The molecule has 1 aromatic rings. The molecule has 0 radical (unpaired) electrons. The predicted octanol–water partition coefficient (Wildman–Crippen LogP) is 3.48. The number of rotatable bonds is 3. The first-order valence-electron chi connectivity index (χ1n) is 7.85. The summed E-state index contributed by atoms with van der Waals surface area (Å²) in [6, 6.07) is 0.789. The molecule has 0 heterocycles. The number of nitrogens with one attached hydrogen (secondary N) is 1. The fourth-order valence-corrected chi connectivity index (χ4v) is 3.08. The van der Waals surface area contributed by atoms with Crippen LogP contribution in [0.2, 0.25) is 0 Å². The van der Waals surface area contributed by atoms with E-state index >= 15 is 0 Å². The molecule has 1 fully saturated rings. The zero-order valence-electron chi connectivity index (χ0n) is 13.9. The average molecular weight is 345 g/mol. The molecule has 1 aliphatic carbocycles. The van der Waals surface area contributed by atoms with Gasteiger partial charge in [0, 0.05) is 24.6 Å². The molecule has 4 nitrogen and oxygen atoms in total. The number of benzene rings is 1. The number of alkyl carbamates (subject to hydrolysis) is 1. The van der Waals surface area contributed by atoms with Crippen LogP contribution in [0.3, 0.4) is 0 Å². The SMILES string of the molecule is CC(C)(C)OC(=O)N[C@@H]1C[C@H](CO)C[C@H]1c1cc(F)c(F)cc1F. The number of hydrogen-bond donors (Lipinski definition) is 2. The van der Waals surface area contributed by atoms with Crippen molar-refractivity contribution in [3.05, 3.63) is 35.1 Å². The van der Waals surface area contributed by atoms with Crippen LogP contribution in [0.4, 0.5) is 18.0 Å². The van der Waals surface area contributed by atoms with E-state index in [0.29, 0.717) is 18.9 Å². The van der Waals surface area contributed by atoms with E-state index in [0.717, 1.165) is 6.07 Å². The van der Waals surface area contributed by atoms with Crippen molar-refractivity contribution in [1.82, 2.24) is 5.32 Å². The fourth-order valence-electron chi connectivity index (χ4n) is 3.08. The average Bonchev–Trinajstić information content (AvgIpc) is 2.83. The van der Waals surface area contributed by atoms with Gasteiger partial charge in [0.25, 0.3) is 0 Å². The van der Waals surface area contributed by atoms with Gasteiger partial charge < -0.3 is 15.2 Å². The van der Waals surface area contributed by atoms with Gasteiger partial charge in [-0.3, -0.25) is 0 Å². The Morgan fingerprint density at radius 2 is 1.83 bits per heavy atom. The van der Waals surface area contributed by atoms with E-state index in [-0.39, 0.29) is 18.1 Å². The van der Waals surface area contributed by atoms with Crippen LogP contribution in [-0.4, -0.2) is 29.4 Å². The van der Waals surface area contributed by atoms with Crippen molar-refractivity contribution in [2.24, 2.45) is 5.92 Å². The van der Waals surface area contributed by atoms with Crippen molar-refractivity contribution in [1.29, 1.82) is 0 Å². The maximum Gasteiger partial charge on any atom is 0.407 e. The maximum absolute atomic E-state index is 14.1. The second-order valence-corrected chi connectivity index (χ2v) is 7.17. The molecule has 2 N–H and O–H groups in total. The Kier molecular flexibility index (Phi) is 5.42. The second-order valence-electron chi connectivity index (χ2n) is 7.17. The molecule has 1 aromatic carbocycles. The van der Waals surface area contributed by atoms with Gasteiger partial charge in [0.05, 0.1) is 0 Å². The highest BCUT2D eigenvalue weighted by Crippen LogP contribution is 2.40. The van der Waals surface area contributed by atoms with Crippen molar-refractivity contribution in [3.8, 4) is 0 Å². The molecule has 1 amide bonds. The highest BCUT2D eigenvalue weighted by atomic mass is 19.2. The third kappa shape index (κ3) is 4.41. The maximum atomic E-state index is 14.1. The summed E-state index contributed by atoms with van der Waals surface area (Å²) in [4.78, 5) is 12.0. The predicted molar refractivity (Wildman–Crippen MR) is 82.0 cm³/mol. The van der Waals surface area contributed by atoms with Crippen LogP contribution in [0.1, 0.15) is 45.1 Å². The summed E-state index contributed by atoms with van der Waals surface area (Å²) >= 11 is 0. The van der Waals surface area contributed by atoms with E-state index in [1.165, 1.54) is 0 Å². The van der Waals surface area contributed by atoms with E-state index in [4.69, 9.17) is 4.74 Å². The molecule has 0 bridgehead atoms. The van der Waals surface area contributed by atoms with Gasteiger partial charge in [-0.15, -0.1) is 0 Å². The first-order valence-corrected chi connectivity index (χ1v) is 7.85. The number of aliphatic hydroxyl groups is 1. The van der Waals surface area contributed by atoms with Crippen LogP contribution in [0, 0.1) is 23.4 Å². The standard InChI is InChI=1S/C17H22F3NO3/c1-17(2,3)24-16(23)21-15-5-9(8-22)4-11(15)10-6-13(19)14(20)7-12(10)18/h6-7,9,11,15,22H,4-5,8H2,1-3H3,(H,21,23)/t9-,11+,15-/m1/s1. The van der Waals surface area contributed by atoms with Crippen molar-refractivity contribution >= 4 is 6.09 Å². The highest BCUT2D eigenvalue weighted by molar-refractivity contribution is 5.68. The minimum absolute atomic E-state index is 0.00842. The molecule has 0 aliphatic heterocycles. The molecule has 7 heteroatoms. The van der Waals surface area contributed by atoms with Crippen molar-refractivity contribution in [2.75, 3.05) is 6.61 Å². The van der Waals surface area contributed by atoms with Crippen LogP contribution < -0.4 is 5.32 Å². The monoisotopic (exact) mass is 345 g/mol. The molecule has 1 saturated carbocycles. The van der Waals surface area contributed by atoms with Crippen LogP contribution in [-0.2, 0) is 4.74 Å². The minimum atomic E-state index is -1.26. The first-order chi connectivity index (χ1) is 11.1. The van der Waals surface area contributed by atoms with Crippen LogP contribution in [0.15, 0.2) is 12.1 Å². The molecule has 0 spiro atoms. The summed E-state index contributed by atoms with van der Waals surface area (Å²) < 4.78 is 45.9. The molecule has 24 heavy (non-hydrogen) atoms. The summed E-state index contributed by atoms with van der Waals surface area (Å²) in [5.74, 6) is -4.00. The van der Waals surface area contributed by atoms with Gasteiger partial charge in [-0.25, -0.2) is 18.0 Å². The largest absolute Gasteiger partial charge is 0.444 e. The summed E-state index contributed by atoms with van der Waals surface area (Å²) in [5, 5.41) is 12.0. The fraction of sp³-hybridized carbons (Fsp3) is 0.588. The zero-order chi connectivity index (χ0) is 18.1. The number of amides is 1. The van der Waals surface area contributed by atoms with Gasteiger partial charge in [-0.2, -0.15) is 0 Å². The van der Waals surface area contributed by atoms with E-state index in [1.54, 1.807) is 20.8 Å². The smallest absolute Gasteiger partial charge is 0.407 e. The number of aliphatic hydroxyl groups excluding tert-OH is 1. The Bertz CT molecular complexity index is 616. The lowest BCUT2D eigenvalue weighted by atomic mass is 9.93. The van der Waals surface area contributed by atoms with E-state index in [2.05, 4.69) is 5.32 Å². The number of hydrogen-bond acceptors (Lipinski definition) is 3. The zero-order valence-corrected chi connectivity index (χ0v) is 13.9. The lowest BCUT2D eigenvalue weighted by Gasteiger charge is -2.25. The molecule has 0 unspecified atom stereocenters. The van der Waals surface area contributed by atoms with Crippen LogP contribution in [0.25, 0.3) is 0 Å². The Morgan fingerprint density at radius 1 is 1.21 bits per heavy atom. The quantitative estimate of drug-likeness (QED) is 0.825. The summed E-state index contributed by atoms with van der Waals surface area (Å²) in [6.07, 6.45) is 0.0942. The molecular formula is C17H22F3NO3. The number of carbonyl (C=O) groups excluding carboxylic acids is 1. The second kappa shape index (κ2) is 7.01. The molecule has 1 aliphatic rings. The molecule has 2 rings (SSSR count). The van der Waals surface area contributed by atoms with Crippen molar-refractivity contribution in [2.45, 2.75) is 51.2 Å². The van der Waals surface area contributed by atoms with Crippen LogP contribution >= 0.6 is 0 Å². The molecule has 134 valence electrons. The number of halogens is 3. The third-order valence-corrected chi connectivity index (χ3v) is 4.06. The van der Waals surface area contributed by atoms with Crippen molar-refractivity contribution in [3.63, 3.8) is 0 Å². The van der Waals surface area contributed by atoms with Gasteiger partial charge in [-0.1, -0.05) is 0 Å². The lowest BCUT2D eigenvalue weighted by molar-refractivity contribution is 0.0499. The van der Waals surface area contributed by atoms with Gasteiger partial charge in [0.15, 0.2) is 11.6 Å². The Morgan fingerprint density at radius 3 is 2.42 bits per heavy atom. The number of carbonyl (C=O) groups is 1. The number of ether oxygens (including phenoxy) is 1. The summed E-state index contributed by atoms with van der Waals surface area (Å²) in [5.41, 5.74) is -0.701. The summed E-state index contributed by atoms with van der Waals surface area (Å²) in [6.45, 7) is 5.01. The van der Waals surface area contributed by atoms with Crippen molar-refractivity contribution < 1.29 is 27.8 Å². The normalized spacial score (nSPS) is 24.0. The highest BCUT2D eigenvalue weighted by Gasteiger charge is 2.38. The summed E-state index contributed by atoms with van der Waals surface area (Å²) in [7, 11) is 0. The Balaban J connectivity index is 2.23. The molecular weight excluding hydrogens is 323 g/mol.